The number of anilines is 1. The number of carboxylic acids is 1. The van der Waals surface area contributed by atoms with Crippen molar-refractivity contribution >= 4 is 17.3 Å². The summed E-state index contributed by atoms with van der Waals surface area (Å²) in [6, 6.07) is 1.58. The van der Waals surface area contributed by atoms with Crippen LogP contribution < -0.4 is 5.32 Å². The zero-order chi connectivity index (χ0) is 14.6. The molecule has 19 heavy (non-hydrogen) atoms. The molecule has 0 aromatic heterocycles. The summed E-state index contributed by atoms with van der Waals surface area (Å²) in [4.78, 5) is 20.9. The van der Waals surface area contributed by atoms with Crippen LogP contribution in [0.15, 0.2) is 12.1 Å². The molecule has 0 amide bonds. The number of hydrogen-bond donors (Lipinski definition) is 2. The Kier molecular flexibility index (Phi) is 4.80. The molecule has 0 unspecified atom stereocenters. The summed E-state index contributed by atoms with van der Waals surface area (Å²) in [5, 5.41) is 22.3. The number of hydrogen-bond acceptors (Lipinski definition) is 4. The first-order valence-corrected chi connectivity index (χ1v) is 5.78. The van der Waals surface area contributed by atoms with Crippen LogP contribution >= 0.6 is 0 Å². The van der Waals surface area contributed by atoms with Gasteiger partial charge in [-0.15, -0.1) is 0 Å². The minimum Gasteiger partial charge on any atom is -0.478 e. The number of halogens is 1. The zero-order valence-electron chi connectivity index (χ0n) is 10.6. The van der Waals surface area contributed by atoms with Crippen LogP contribution in [0.25, 0.3) is 0 Å². The molecular formula is C12H15FN2O4. The highest BCUT2D eigenvalue weighted by Crippen LogP contribution is 2.28. The van der Waals surface area contributed by atoms with E-state index in [1.54, 1.807) is 0 Å². The molecule has 0 spiro atoms. The van der Waals surface area contributed by atoms with E-state index in [1.165, 1.54) is 0 Å². The van der Waals surface area contributed by atoms with Crippen LogP contribution in [0, 0.1) is 21.8 Å². The van der Waals surface area contributed by atoms with Crippen LogP contribution in [-0.2, 0) is 0 Å². The van der Waals surface area contributed by atoms with Crippen molar-refractivity contribution in [1.29, 1.82) is 0 Å². The topological polar surface area (TPSA) is 92.5 Å². The highest BCUT2D eigenvalue weighted by atomic mass is 19.1. The van der Waals surface area contributed by atoms with E-state index in [9.17, 15) is 19.3 Å². The molecule has 1 rings (SSSR count). The molecule has 0 aliphatic heterocycles. The number of nitro groups is 1. The molecule has 2 N–H and O–H groups in total. The van der Waals surface area contributed by atoms with Crippen LogP contribution in [0.3, 0.4) is 0 Å². The van der Waals surface area contributed by atoms with Gasteiger partial charge in [-0.1, -0.05) is 13.8 Å². The molecule has 0 aliphatic carbocycles. The Labute approximate surface area is 109 Å². The molecule has 0 saturated carbocycles. The van der Waals surface area contributed by atoms with Gasteiger partial charge in [0.25, 0.3) is 5.69 Å². The van der Waals surface area contributed by atoms with E-state index in [4.69, 9.17) is 5.11 Å². The first kappa shape index (κ1) is 14.9. The molecule has 104 valence electrons. The van der Waals surface area contributed by atoms with Gasteiger partial charge >= 0.3 is 5.97 Å². The monoisotopic (exact) mass is 270 g/mol. The average molecular weight is 270 g/mol. The number of aromatic carboxylic acids is 1. The first-order chi connectivity index (χ1) is 8.82. The minimum atomic E-state index is -1.53. The van der Waals surface area contributed by atoms with Crippen molar-refractivity contribution in [1.82, 2.24) is 0 Å². The van der Waals surface area contributed by atoms with E-state index in [0.29, 0.717) is 12.5 Å². The molecule has 0 atom stereocenters. The third-order valence-electron chi connectivity index (χ3n) is 2.55. The Morgan fingerprint density at radius 3 is 2.63 bits per heavy atom. The van der Waals surface area contributed by atoms with Crippen LogP contribution in [0.1, 0.15) is 30.6 Å². The van der Waals surface area contributed by atoms with Crippen LogP contribution in [-0.4, -0.2) is 22.5 Å². The second-order valence-corrected chi connectivity index (χ2v) is 4.52. The number of nitro benzene ring substituents is 1. The third kappa shape index (κ3) is 3.90. The van der Waals surface area contributed by atoms with Crippen molar-refractivity contribution in [2.24, 2.45) is 5.92 Å². The summed E-state index contributed by atoms with van der Waals surface area (Å²) in [6.07, 6.45) is 0.763. The molecule has 6 nitrogen and oxygen atoms in total. The van der Waals surface area contributed by atoms with E-state index >= 15 is 0 Å². The van der Waals surface area contributed by atoms with E-state index in [2.05, 4.69) is 5.32 Å². The number of carboxylic acid groups (broad SMARTS) is 1. The van der Waals surface area contributed by atoms with Crippen molar-refractivity contribution in [2.45, 2.75) is 20.3 Å². The van der Waals surface area contributed by atoms with Gasteiger partial charge in [-0.2, -0.15) is 0 Å². The molecule has 0 saturated heterocycles. The molecular weight excluding hydrogens is 255 g/mol. The lowest BCUT2D eigenvalue weighted by Crippen LogP contribution is -2.09. The number of benzene rings is 1. The van der Waals surface area contributed by atoms with Crippen LogP contribution in [0.5, 0.6) is 0 Å². The fourth-order valence-corrected chi connectivity index (χ4v) is 1.51. The van der Waals surface area contributed by atoms with E-state index in [-0.39, 0.29) is 5.69 Å². The third-order valence-corrected chi connectivity index (χ3v) is 2.55. The van der Waals surface area contributed by atoms with Gasteiger partial charge in [0.1, 0.15) is 17.1 Å². The van der Waals surface area contributed by atoms with Crippen molar-refractivity contribution < 1.29 is 19.2 Å². The molecule has 7 heteroatoms. The molecule has 0 fully saturated rings. The fraction of sp³-hybridized carbons (Fsp3) is 0.417. The van der Waals surface area contributed by atoms with E-state index in [0.717, 1.165) is 18.6 Å². The summed E-state index contributed by atoms with van der Waals surface area (Å²) >= 11 is 0. The largest absolute Gasteiger partial charge is 0.478 e. The van der Waals surface area contributed by atoms with Gasteiger partial charge in [0.2, 0.25) is 0 Å². The molecule has 0 aliphatic rings. The zero-order valence-corrected chi connectivity index (χ0v) is 10.6. The van der Waals surface area contributed by atoms with Gasteiger partial charge < -0.3 is 10.4 Å². The Balaban J connectivity index is 3.06. The van der Waals surface area contributed by atoms with Crippen molar-refractivity contribution in [3.8, 4) is 0 Å². The predicted molar refractivity (Wildman–Crippen MR) is 68.0 cm³/mol. The second kappa shape index (κ2) is 6.12. The highest BCUT2D eigenvalue weighted by molar-refractivity contribution is 5.90. The van der Waals surface area contributed by atoms with E-state index < -0.39 is 28.0 Å². The predicted octanol–water partition coefficient (Wildman–Crippen LogP) is 2.89. The Bertz CT molecular complexity index is 503. The quantitative estimate of drug-likeness (QED) is 0.612. The smallest absolute Gasteiger partial charge is 0.338 e. The number of nitrogens with zero attached hydrogens (tertiary/aromatic N) is 1. The molecule has 0 radical (unpaired) electrons. The Hall–Kier alpha value is -2.18. The van der Waals surface area contributed by atoms with Crippen molar-refractivity contribution in [3.63, 3.8) is 0 Å². The van der Waals surface area contributed by atoms with Gasteiger partial charge in [0.15, 0.2) is 0 Å². The van der Waals surface area contributed by atoms with Crippen LogP contribution in [0.4, 0.5) is 15.8 Å². The Morgan fingerprint density at radius 1 is 1.53 bits per heavy atom. The summed E-state index contributed by atoms with van der Waals surface area (Å²) in [7, 11) is 0. The SMILES string of the molecule is CC(C)CCNc1cc(F)c(C(=O)O)cc1[N+](=O)[O-]. The summed E-state index contributed by atoms with van der Waals surface area (Å²) in [6.45, 7) is 4.43. The summed E-state index contributed by atoms with van der Waals surface area (Å²) in [5.41, 5.74) is -1.16. The number of rotatable bonds is 6. The number of carbonyl (C=O) groups is 1. The summed E-state index contributed by atoms with van der Waals surface area (Å²) in [5.74, 6) is -2.13. The lowest BCUT2D eigenvalue weighted by atomic mass is 10.1. The lowest BCUT2D eigenvalue weighted by Gasteiger charge is -2.09. The van der Waals surface area contributed by atoms with Crippen molar-refractivity contribution in [2.75, 3.05) is 11.9 Å². The summed E-state index contributed by atoms with van der Waals surface area (Å²) < 4.78 is 13.5. The molecule has 0 bridgehead atoms. The maximum absolute atomic E-state index is 13.5. The van der Waals surface area contributed by atoms with E-state index in [1.807, 2.05) is 13.8 Å². The maximum Gasteiger partial charge on any atom is 0.338 e. The maximum atomic E-state index is 13.5. The number of nitrogens with one attached hydrogen (secondary N) is 1. The highest BCUT2D eigenvalue weighted by Gasteiger charge is 2.21. The lowest BCUT2D eigenvalue weighted by molar-refractivity contribution is -0.384. The van der Waals surface area contributed by atoms with Gasteiger partial charge in [-0.3, -0.25) is 10.1 Å². The van der Waals surface area contributed by atoms with Gasteiger partial charge in [-0.05, 0) is 12.3 Å². The van der Waals surface area contributed by atoms with Gasteiger partial charge in [0.05, 0.1) is 4.92 Å². The normalized spacial score (nSPS) is 10.5. The Morgan fingerprint density at radius 2 is 2.16 bits per heavy atom. The van der Waals surface area contributed by atoms with Crippen molar-refractivity contribution in [3.05, 3.63) is 33.6 Å². The van der Waals surface area contributed by atoms with Gasteiger partial charge in [0, 0.05) is 18.7 Å². The average Bonchev–Trinajstić information content (AvgIpc) is 2.27. The van der Waals surface area contributed by atoms with Gasteiger partial charge in [-0.25, -0.2) is 9.18 Å². The molecule has 0 heterocycles. The standard InChI is InChI=1S/C12H15FN2O4/c1-7(2)3-4-14-10-6-9(13)8(12(16)17)5-11(10)15(18)19/h5-7,14H,3-4H2,1-2H3,(H,16,17). The first-order valence-electron chi connectivity index (χ1n) is 5.78. The second-order valence-electron chi connectivity index (χ2n) is 4.52. The van der Waals surface area contributed by atoms with Crippen LogP contribution in [0.2, 0.25) is 0 Å². The fourth-order valence-electron chi connectivity index (χ4n) is 1.51. The minimum absolute atomic E-state index is 0.00634. The molecule has 1 aromatic rings. The molecule has 1 aromatic carbocycles.